The first-order chi connectivity index (χ1) is 5.97. The predicted octanol–water partition coefficient (Wildman–Crippen LogP) is 1.68. The van der Waals surface area contributed by atoms with Crippen LogP contribution in [0.1, 0.15) is 5.56 Å². The third-order valence-electron chi connectivity index (χ3n) is 1.28. The first kappa shape index (κ1) is 9.88. The molecule has 1 rings (SSSR count). The summed E-state index contributed by atoms with van der Waals surface area (Å²) in [6.07, 6.45) is 1.11. The van der Waals surface area contributed by atoms with Gasteiger partial charge in [-0.3, -0.25) is 4.55 Å². The lowest BCUT2D eigenvalue weighted by atomic mass is 10.2. The van der Waals surface area contributed by atoms with E-state index in [4.69, 9.17) is 4.55 Å². The van der Waals surface area contributed by atoms with Crippen LogP contribution in [-0.4, -0.2) is 13.0 Å². The number of benzene rings is 1. The molecule has 0 aliphatic heterocycles. The Kier molecular flexibility index (Phi) is 2.79. The van der Waals surface area contributed by atoms with E-state index in [1.807, 2.05) is 0 Å². The van der Waals surface area contributed by atoms with E-state index in [1.54, 1.807) is 0 Å². The molecule has 0 bridgehead atoms. The lowest BCUT2D eigenvalue weighted by Gasteiger charge is -1.91. The third kappa shape index (κ3) is 3.82. The van der Waals surface area contributed by atoms with Crippen molar-refractivity contribution in [3.8, 4) is 0 Å². The summed E-state index contributed by atoms with van der Waals surface area (Å²) in [4.78, 5) is 0. The normalized spacial score (nSPS) is 12.2. The van der Waals surface area contributed by atoms with E-state index in [0.717, 1.165) is 12.1 Å². The Morgan fingerprint density at radius 1 is 1.38 bits per heavy atom. The Morgan fingerprint density at radius 3 is 2.62 bits per heavy atom. The Balaban J connectivity index is 2.93. The van der Waals surface area contributed by atoms with E-state index in [0.29, 0.717) is 11.0 Å². The fourth-order valence-corrected chi connectivity index (χ4v) is 1.10. The molecule has 0 saturated carbocycles. The second kappa shape index (κ2) is 3.68. The summed E-state index contributed by atoms with van der Waals surface area (Å²) in [5.74, 6) is -0.461. The Hall–Kier alpha value is -1.20. The molecule has 0 unspecified atom stereocenters. The van der Waals surface area contributed by atoms with Crippen LogP contribution in [0.25, 0.3) is 6.08 Å². The molecule has 0 aliphatic carbocycles. The van der Waals surface area contributed by atoms with Crippen molar-refractivity contribution in [2.45, 2.75) is 0 Å². The smallest absolute Gasteiger partial charge is 0.282 e. The molecule has 0 saturated heterocycles. The summed E-state index contributed by atoms with van der Waals surface area (Å²) in [5.41, 5.74) is 0.373. The average molecular weight is 202 g/mol. The molecule has 0 aromatic heterocycles. The molecular weight excluding hydrogens is 195 g/mol. The number of rotatable bonds is 2. The van der Waals surface area contributed by atoms with Gasteiger partial charge < -0.3 is 0 Å². The van der Waals surface area contributed by atoms with Crippen LogP contribution in [0.15, 0.2) is 29.7 Å². The second-order valence-electron chi connectivity index (χ2n) is 2.37. The van der Waals surface area contributed by atoms with Crippen LogP contribution in [0.5, 0.6) is 0 Å². The van der Waals surface area contributed by atoms with Crippen molar-refractivity contribution >= 4 is 16.2 Å². The topological polar surface area (TPSA) is 54.4 Å². The SMILES string of the molecule is O=S(=O)(O)C=Cc1cccc(F)c1. The fraction of sp³-hybridized carbons (Fsp3) is 0. The van der Waals surface area contributed by atoms with Gasteiger partial charge in [-0.1, -0.05) is 12.1 Å². The van der Waals surface area contributed by atoms with Gasteiger partial charge in [0.05, 0.1) is 5.41 Å². The van der Waals surface area contributed by atoms with Gasteiger partial charge in [-0.05, 0) is 23.8 Å². The van der Waals surface area contributed by atoms with Crippen LogP contribution < -0.4 is 0 Å². The van der Waals surface area contributed by atoms with Gasteiger partial charge in [0.2, 0.25) is 0 Å². The van der Waals surface area contributed by atoms with Gasteiger partial charge in [-0.25, -0.2) is 4.39 Å². The van der Waals surface area contributed by atoms with E-state index in [-0.39, 0.29) is 0 Å². The maximum absolute atomic E-state index is 12.5. The highest BCUT2D eigenvalue weighted by molar-refractivity contribution is 7.88. The zero-order valence-corrected chi connectivity index (χ0v) is 7.33. The molecular formula is C8H7FO3S. The van der Waals surface area contributed by atoms with Crippen molar-refractivity contribution in [1.82, 2.24) is 0 Å². The monoisotopic (exact) mass is 202 g/mol. The van der Waals surface area contributed by atoms with E-state index in [2.05, 4.69) is 0 Å². The third-order valence-corrected chi connectivity index (χ3v) is 1.76. The first-order valence-electron chi connectivity index (χ1n) is 3.38. The minimum absolute atomic E-state index is 0.373. The summed E-state index contributed by atoms with van der Waals surface area (Å²) in [7, 11) is -4.14. The van der Waals surface area contributed by atoms with Crippen LogP contribution in [-0.2, 0) is 10.1 Å². The molecule has 0 spiro atoms. The Morgan fingerprint density at radius 2 is 2.08 bits per heavy atom. The molecule has 0 heterocycles. The molecule has 0 fully saturated rings. The summed E-state index contributed by atoms with van der Waals surface area (Å²) in [5, 5.41) is 0.599. The lowest BCUT2D eigenvalue weighted by molar-refractivity contribution is 0.494. The van der Waals surface area contributed by atoms with Crippen LogP contribution in [0.2, 0.25) is 0 Å². The fourth-order valence-electron chi connectivity index (χ4n) is 0.775. The molecule has 13 heavy (non-hydrogen) atoms. The highest BCUT2D eigenvalue weighted by atomic mass is 32.2. The van der Waals surface area contributed by atoms with Crippen LogP contribution >= 0.6 is 0 Å². The zero-order chi connectivity index (χ0) is 9.90. The van der Waals surface area contributed by atoms with Gasteiger partial charge >= 0.3 is 0 Å². The molecule has 1 aromatic carbocycles. The van der Waals surface area contributed by atoms with Crippen molar-refractivity contribution in [3.05, 3.63) is 41.1 Å². The lowest BCUT2D eigenvalue weighted by Crippen LogP contribution is -1.88. The molecule has 3 nitrogen and oxygen atoms in total. The minimum atomic E-state index is -4.14. The highest BCUT2D eigenvalue weighted by Gasteiger charge is 1.96. The predicted molar refractivity (Wildman–Crippen MR) is 47.0 cm³/mol. The molecule has 0 atom stereocenters. The maximum Gasteiger partial charge on any atom is 0.287 e. The number of hydrogen-bond donors (Lipinski definition) is 1. The second-order valence-corrected chi connectivity index (χ2v) is 3.67. The van der Waals surface area contributed by atoms with Gasteiger partial charge in [0.1, 0.15) is 5.82 Å². The molecule has 5 heteroatoms. The Labute approximate surface area is 75.3 Å². The summed E-state index contributed by atoms with van der Waals surface area (Å²) >= 11 is 0. The van der Waals surface area contributed by atoms with E-state index >= 15 is 0 Å². The van der Waals surface area contributed by atoms with Crippen LogP contribution in [0, 0.1) is 5.82 Å². The first-order valence-corrected chi connectivity index (χ1v) is 4.89. The zero-order valence-electron chi connectivity index (χ0n) is 6.51. The number of hydrogen-bond acceptors (Lipinski definition) is 2. The average Bonchev–Trinajstić information content (AvgIpc) is 2.00. The highest BCUT2D eigenvalue weighted by Crippen LogP contribution is 2.05. The van der Waals surface area contributed by atoms with Crippen molar-refractivity contribution in [1.29, 1.82) is 0 Å². The molecule has 1 N–H and O–H groups in total. The van der Waals surface area contributed by atoms with Crippen molar-refractivity contribution in [2.75, 3.05) is 0 Å². The van der Waals surface area contributed by atoms with Gasteiger partial charge in [0, 0.05) is 0 Å². The standard InChI is InChI=1S/C8H7FO3S/c9-8-3-1-2-7(6-8)4-5-13(10,11)12/h1-6H,(H,10,11,12). The van der Waals surface area contributed by atoms with Gasteiger partial charge in [-0.2, -0.15) is 8.42 Å². The molecule has 1 aromatic rings. The minimum Gasteiger partial charge on any atom is -0.282 e. The van der Waals surface area contributed by atoms with Crippen LogP contribution in [0.4, 0.5) is 4.39 Å². The summed E-state index contributed by atoms with van der Waals surface area (Å²) < 4.78 is 41.4. The molecule has 0 radical (unpaired) electrons. The molecule has 70 valence electrons. The quantitative estimate of drug-likeness (QED) is 0.742. The number of halogens is 1. The maximum atomic E-state index is 12.5. The van der Waals surface area contributed by atoms with E-state index in [1.165, 1.54) is 18.2 Å². The van der Waals surface area contributed by atoms with Gasteiger partial charge in [0.15, 0.2) is 0 Å². The van der Waals surface area contributed by atoms with E-state index < -0.39 is 15.9 Å². The van der Waals surface area contributed by atoms with Crippen molar-refractivity contribution in [3.63, 3.8) is 0 Å². The Bertz CT molecular complexity index is 423. The van der Waals surface area contributed by atoms with Gasteiger partial charge in [0.25, 0.3) is 10.1 Å². The van der Waals surface area contributed by atoms with Gasteiger partial charge in [-0.15, -0.1) is 0 Å². The molecule has 0 amide bonds. The largest absolute Gasteiger partial charge is 0.287 e. The summed E-state index contributed by atoms with van der Waals surface area (Å²) in [6.45, 7) is 0. The van der Waals surface area contributed by atoms with Crippen molar-refractivity contribution in [2.24, 2.45) is 0 Å². The van der Waals surface area contributed by atoms with E-state index in [9.17, 15) is 12.8 Å². The van der Waals surface area contributed by atoms with Crippen LogP contribution in [0.3, 0.4) is 0 Å². The molecule has 0 aliphatic rings. The summed E-state index contributed by atoms with van der Waals surface area (Å²) in [6, 6.07) is 5.36. The van der Waals surface area contributed by atoms with Crippen molar-refractivity contribution < 1.29 is 17.4 Å².